The van der Waals surface area contributed by atoms with Crippen LogP contribution >= 0.6 is 0 Å². The van der Waals surface area contributed by atoms with Crippen molar-refractivity contribution >= 4 is 32.7 Å². The molecular weight excluding hydrogens is 442 g/mol. The number of nitrogens with zero attached hydrogens (tertiary/aromatic N) is 3. The van der Waals surface area contributed by atoms with Gasteiger partial charge >= 0.3 is 0 Å². The van der Waals surface area contributed by atoms with Crippen LogP contribution in [0.5, 0.6) is 0 Å². The second-order valence-electron chi connectivity index (χ2n) is 7.40. The van der Waals surface area contributed by atoms with Crippen molar-refractivity contribution in [2.45, 2.75) is 17.7 Å². The van der Waals surface area contributed by atoms with Gasteiger partial charge in [-0.3, -0.25) is 4.79 Å². The first-order valence-electron chi connectivity index (χ1n) is 10.0. The Kier molecular flexibility index (Phi) is 6.22. The number of sulfonamides is 1. The molecule has 1 N–H and O–H groups in total. The molecule has 3 aromatic rings. The van der Waals surface area contributed by atoms with Gasteiger partial charge in [-0.25, -0.2) is 22.2 Å². The molecule has 11 heteroatoms. The minimum atomic E-state index is -3.66. The van der Waals surface area contributed by atoms with E-state index < -0.39 is 33.3 Å². The Hall–Kier alpha value is -2.89. The molecule has 0 saturated carbocycles. The number of hydrogen-bond acceptors (Lipinski definition) is 5. The van der Waals surface area contributed by atoms with Crippen molar-refractivity contribution < 1.29 is 26.7 Å². The Morgan fingerprint density at radius 3 is 2.53 bits per heavy atom. The molecule has 0 unspecified atom stereocenters. The summed E-state index contributed by atoms with van der Waals surface area (Å²) in [5.41, 5.74) is 0.708. The summed E-state index contributed by atoms with van der Waals surface area (Å²) < 4.78 is 61.6. The van der Waals surface area contributed by atoms with Gasteiger partial charge in [0.1, 0.15) is 23.1 Å². The lowest BCUT2D eigenvalue weighted by Crippen LogP contribution is -2.40. The molecule has 170 valence electrons. The molecule has 0 aliphatic carbocycles. The van der Waals surface area contributed by atoms with Crippen LogP contribution in [0.15, 0.2) is 41.3 Å². The van der Waals surface area contributed by atoms with E-state index in [9.17, 15) is 22.0 Å². The number of hydrogen-bond donors (Lipinski definition) is 1. The van der Waals surface area contributed by atoms with E-state index in [1.54, 1.807) is 17.7 Å². The number of anilines is 1. The Morgan fingerprint density at radius 1 is 1.16 bits per heavy atom. The lowest BCUT2D eigenvalue weighted by molar-refractivity contribution is -0.116. The molecule has 2 aromatic carbocycles. The summed E-state index contributed by atoms with van der Waals surface area (Å²) >= 11 is 0. The summed E-state index contributed by atoms with van der Waals surface area (Å²) in [6.45, 7) is 1.30. The zero-order valence-corrected chi connectivity index (χ0v) is 18.2. The van der Waals surface area contributed by atoms with Crippen LogP contribution in [-0.4, -0.2) is 54.5 Å². The average Bonchev–Trinajstić information content (AvgIpc) is 3.10. The zero-order valence-electron chi connectivity index (χ0n) is 17.3. The minimum absolute atomic E-state index is 0.0517. The number of amides is 1. The summed E-state index contributed by atoms with van der Waals surface area (Å²) in [4.78, 5) is 16.8. The van der Waals surface area contributed by atoms with E-state index in [0.717, 1.165) is 12.1 Å². The molecule has 4 rings (SSSR count). The highest BCUT2D eigenvalue weighted by molar-refractivity contribution is 7.89. The molecule has 0 atom stereocenters. The third-order valence-electron chi connectivity index (χ3n) is 5.36. The van der Waals surface area contributed by atoms with E-state index in [4.69, 9.17) is 4.74 Å². The molecule has 0 spiro atoms. The first-order chi connectivity index (χ1) is 15.3. The third kappa shape index (κ3) is 4.36. The molecule has 32 heavy (non-hydrogen) atoms. The van der Waals surface area contributed by atoms with Crippen LogP contribution in [-0.2, 0) is 33.0 Å². The maximum absolute atomic E-state index is 13.7. The van der Waals surface area contributed by atoms with Crippen LogP contribution < -0.4 is 5.32 Å². The van der Waals surface area contributed by atoms with Crippen molar-refractivity contribution in [1.82, 2.24) is 13.9 Å². The van der Waals surface area contributed by atoms with E-state index in [1.165, 1.54) is 22.5 Å². The van der Waals surface area contributed by atoms with Crippen molar-refractivity contribution in [3.63, 3.8) is 0 Å². The summed E-state index contributed by atoms with van der Waals surface area (Å²) in [5.74, 6) is -1.72. The molecule has 1 saturated heterocycles. The number of aryl methyl sites for hydroxylation is 2. The Bertz CT molecular complexity index is 1250. The molecule has 0 bridgehead atoms. The molecule has 1 fully saturated rings. The van der Waals surface area contributed by atoms with Crippen molar-refractivity contribution in [1.29, 1.82) is 0 Å². The van der Waals surface area contributed by atoms with Crippen LogP contribution in [0.1, 0.15) is 12.2 Å². The number of halogens is 2. The molecule has 1 aliphatic heterocycles. The highest BCUT2D eigenvalue weighted by Crippen LogP contribution is 2.24. The van der Waals surface area contributed by atoms with Crippen LogP contribution in [0, 0.1) is 11.6 Å². The third-order valence-corrected chi connectivity index (χ3v) is 7.25. The first kappa shape index (κ1) is 22.3. The Balaban J connectivity index is 1.50. The Morgan fingerprint density at radius 2 is 1.84 bits per heavy atom. The average molecular weight is 464 g/mol. The predicted octanol–water partition coefficient (Wildman–Crippen LogP) is 2.44. The molecule has 1 amide bonds. The standard InChI is InChI=1S/C21H22F2N4O4S/c1-26-18-6-5-14(32(29,30)27-9-11-31-12-10-27)13-17(18)24-19(26)7-8-20(28)25-21-15(22)3-2-4-16(21)23/h2-6,13H,7-12H2,1H3,(H,25,28). The van der Waals surface area contributed by atoms with E-state index in [-0.39, 0.29) is 17.7 Å². The molecule has 1 aromatic heterocycles. The van der Waals surface area contributed by atoms with Gasteiger partial charge in [-0.15, -0.1) is 0 Å². The summed E-state index contributed by atoms with van der Waals surface area (Å²) in [6.07, 6.45) is 0.155. The molecule has 0 radical (unpaired) electrons. The maximum atomic E-state index is 13.7. The number of ether oxygens (including phenoxy) is 1. The number of para-hydroxylation sites is 1. The number of nitrogens with one attached hydrogen (secondary N) is 1. The van der Waals surface area contributed by atoms with Gasteiger partial charge in [-0.1, -0.05) is 6.07 Å². The number of fused-ring (bicyclic) bond motifs is 1. The number of imidazole rings is 1. The van der Waals surface area contributed by atoms with Gasteiger partial charge in [0, 0.05) is 33.0 Å². The van der Waals surface area contributed by atoms with Gasteiger partial charge in [0.25, 0.3) is 0 Å². The summed E-state index contributed by atoms with van der Waals surface area (Å²) in [7, 11) is -1.90. The van der Waals surface area contributed by atoms with Gasteiger partial charge in [-0.2, -0.15) is 4.31 Å². The quantitative estimate of drug-likeness (QED) is 0.605. The number of morpholine rings is 1. The van der Waals surface area contributed by atoms with Gasteiger partial charge < -0.3 is 14.6 Å². The lowest BCUT2D eigenvalue weighted by Gasteiger charge is -2.26. The van der Waals surface area contributed by atoms with E-state index in [2.05, 4.69) is 10.3 Å². The van der Waals surface area contributed by atoms with E-state index >= 15 is 0 Å². The fourth-order valence-corrected chi connectivity index (χ4v) is 5.02. The molecular formula is C21H22F2N4O4S. The number of carbonyl (C=O) groups is 1. The SMILES string of the molecule is Cn1c(CCC(=O)Nc2c(F)cccc2F)nc2cc(S(=O)(=O)N3CCOCC3)ccc21. The fraction of sp³-hybridized carbons (Fsp3) is 0.333. The minimum Gasteiger partial charge on any atom is -0.379 e. The van der Waals surface area contributed by atoms with Gasteiger partial charge in [-0.05, 0) is 30.3 Å². The van der Waals surface area contributed by atoms with Gasteiger partial charge in [0.2, 0.25) is 15.9 Å². The van der Waals surface area contributed by atoms with Crippen molar-refractivity contribution in [2.24, 2.45) is 7.05 Å². The van der Waals surface area contributed by atoms with E-state index in [1.807, 2.05) is 0 Å². The number of carbonyl (C=O) groups excluding carboxylic acids is 1. The predicted molar refractivity (Wildman–Crippen MR) is 114 cm³/mol. The lowest BCUT2D eigenvalue weighted by atomic mass is 10.2. The number of aromatic nitrogens is 2. The van der Waals surface area contributed by atoms with Crippen LogP contribution in [0.4, 0.5) is 14.5 Å². The summed E-state index contributed by atoms with van der Waals surface area (Å²) in [5, 5.41) is 2.25. The highest BCUT2D eigenvalue weighted by Gasteiger charge is 2.27. The van der Waals surface area contributed by atoms with Gasteiger partial charge in [0.05, 0.1) is 29.1 Å². The largest absolute Gasteiger partial charge is 0.379 e. The zero-order chi connectivity index (χ0) is 22.9. The summed E-state index contributed by atoms with van der Waals surface area (Å²) in [6, 6.07) is 8.06. The monoisotopic (exact) mass is 464 g/mol. The molecule has 1 aliphatic rings. The van der Waals surface area contributed by atoms with Crippen molar-refractivity contribution in [3.8, 4) is 0 Å². The van der Waals surface area contributed by atoms with Crippen LogP contribution in [0.25, 0.3) is 11.0 Å². The Labute approximate surface area is 183 Å². The normalized spacial score (nSPS) is 15.2. The number of benzene rings is 2. The maximum Gasteiger partial charge on any atom is 0.243 e. The first-order valence-corrected chi connectivity index (χ1v) is 11.5. The fourth-order valence-electron chi connectivity index (χ4n) is 3.59. The van der Waals surface area contributed by atoms with Gasteiger partial charge in [0.15, 0.2) is 0 Å². The van der Waals surface area contributed by atoms with Crippen molar-refractivity contribution in [3.05, 3.63) is 53.9 Å². The highest BCUT2D eigenvalue weighted by atomic mass is 32.2. The molecule has 8 nitrogen and oxygen atoms in total. The smallest absolute Gasteiger partial charge is 0.243 e. The van der Waals surface area contributed by atoms with Crippen molar-refractivity contribution in [2.75, 3.05) is 31.6 Å². The van der Waals surface area contributed by atoms with Crippen LogP contribution in [0.3, 0.4) is 0 Å². The number of rotatable bonds is 6. The second-order valence-corrected chi connectivity index (χ2v) is 9.34. The van der Waals surface area contributed by atoms with E-state index in [0.29, 0.717) is 43.2 Å². The second kappa shape index (κ2) is 8.93. The molecule has 2 heterocycles. The topological polar surface area (TPSA) is 93.5 Å². The van der Waals surface area contributed by atoms with Crippen LogP contribution in [0.2, 0.25) is 0 Å².